The van der Waals surface area contributed by atoms with Crippen molar-refractivity contribution < 1.29 is 19.9 Å². The second kappa shape index (κ2) is 5.71. The maximum absolute atomic E-state index is 11.2. The number of ether oxygens (including phenoxy) is 1. The van der Waals surface area contributed by atoms with Gasteiger partial charge in [0.1, 0.15) is 30.1 Å². The third-order valence-electron chi connectivity index (χ3n) is 5.06. The van der Waals surface area contributed by atoms with E-state index in [0.717, 1.165) is 10.9 Å². The summed E-state index contributed by atoms with van der Waals surface area (Å²) in [5, 5.41) is 34.5. The van der Waals surface area contributed by atoms with Crippen LogP contribution in [-0.4, -0.2) is 48.5 Å². The van der Waals surface area contributed by atoms with Gasteiger partial charge in [-0.25, -0.2) is 9.97 Å². The molecule has 3 N–H and O–H groups in total. The number of non-ortho nitro benzene ring substituents is 1. The Morgan fingerprint density at radius 2 is 2.22 bits per heavy atom. The summed E-state index contributed by atoms with van der Waals surface area (Å²) in [5.74, 6) is 0.604. The van der Waals surface area contributed by atoms with Crippen LogP contribution in [0.3, 0.4) is 0 Å². The molecule has 3 atom stereocenters. The number of rotatable bonds is 3. The van der Waals surface area contributed by atoms with E-state index in [1.807, 2.05) is 6.20 Å². The Bertz CT molecular complexity index is 1080. The number of nitrogens with one attached hydrogen (secondary N) is 1. The number of aliphatic hydroxyl groups is 2. The number of nitro benzene ring substituents is 1. The lowest BCUT2D eigenvalue weighted by Gasteiger charge is -2.17. The van der Waals surface area contributed by atoms with Crippen LogP contribution in [0.15, 0.2) is 30.7 Å². The second-order valence-corrected chi connectivity index (χ2v) is 6.60. The lowest BCUT2D eigenvalue weighted by molar-refractivity contribution is -0.384. The summed E-state index contributed by atoms with van der Waals surface area (Å²) in [7, 11) is 0. The first-order chi connectivity index (χ1) is 13.1. The lowest BCUT2D eigenvalue weighted by atomic mass is 10.00. The van der Waals surface area contributed by atoms with Crippen molar-refractivity contribution >= 4 is 28.2 Å². The van der Waals surface area contributed by atoms with Crippen LogP contribution in [0.4, 0.5) is 17.2 Å². The molecule has 0 amide bonds. The smallest absolute Gasteiger partial charge is 0.270 e. The van der Waals surface area contributed by atoms with Gasteiger partial charge in [-0.2, -0.15) is 0 Å². The molecular formula is C17H15N5O5. The lowest BCUT2D eigenvalue weighted by Crippen LogP contribution is -2.24. The summed E-state index contributed by atoms with van der Waals surface area (Å²) in [6, 6.07) is 4.60. The number of nitrogens with zero attached hydrogens (tertiary/aromatic N) is 4. The number of hydrogen-bond acceptors (Lipinski definition) is 8. The highest BCUT2D eigenvalue weighted by Crippen LogP contribution is 2.46. The van der Waals surface area contributed by atoms with Crippen molar-refractivity contribution in [1.29, 1.82) is 0 Å². The highest BCUT2D eigenvalue weighted by Gasteiger charge is 2.36. The molecule has 5 rings (SSSR count). The molecule has 1 aromatic carbocycles. The quantitative estimate of drug-likeness (QED) is 0.367. The zero-order valence-electron chi connectivity index (χ0n) is 13.9. The Morgan fingerprint density at radius 3 is 2.96 bits per heavy atom. The predicted octanol–water partition coefficient (Wildman–Crippen LogP) is 1.70. The van der Waals surface area contributed by atoms with E-state index in [4.69, 9.17) is 4.74 Å². The van der Waals surface area contributed by atoms with Gasteiger partial charge in [0, 0.05) is 41.6 Å². The van der Waals surface area contributed by atoms with Crippen molar-refractivity contribution in [2.24, 2.45) is 0 Å². The van der Waals surface area contributed by atoms with Gasteiger partial charge in [0.15, 0.2) is 0 Å². The minimum absolute atomic E-state index is 0.00960. The number of anilines is 2. The fourth-order valence-corrected chi connectivity index (χ4v) is 3.76. The van der Waals surface area contributed by atoms with Crippen LogP contribution in [0.5, 0.6) is 0 Å². The Balaban J connectivity index is 1.70. The SMILES string of the molecule is O=[N+]([O-])c1ccc2c(c1)-c1cn([C@H]3C[C@H](O)[C@@H](CO)O3)c3ncnc(c13)N2. The van der Waals surface area contributed by atoms with Crippen LogP contribution in [0.2, 0.25) is 0 Å². The molecule has 0 saturated carbocycles. The van der Waals surface area contributed by atoms with Crippen LogP contribution in [0.25, 0.3) is 22.2 Å². The first kappa shape index (κ1) is 16.1. The Hall–Kier alpha value is -3.08. The maximum atomic E-state index is 11.2. The third kappa shape index (κ3) is 2.31. The van der Waals surface area contributed by atoms with Crippen LogP contribution in [0, 0.1) is 10.1 Å². The monoisotopic (exact) mass is 369 g/mol. The van der Waals surface area contributed by atoms with E-state index in [0.29, 0.717) is 29.1 Å². The Kier molecular flexibility index (Phi) is 3.41. The molecule has 2 aliphatic rings. The van der Waals surface area contributed by atoms with Crippen LogP contribution < -0.4 is 5.32 Å². The maximum Gasteiger partial charge on any atom is 0.270 e. The average Bonchev–Trinajstić information content (AvgIpc) is 3.23. The molecule has 2 aromatic heterocycles. The molecule has 0 spiro atoms. The first-order valence-electron chi connectivity index (χ1n) is 8.42. The summed E-state index contributed by atoms with van der Waals surface area (Å²) >= 11 is 0. The molecule has 3 aromatic rings. The normalized spacial score (nSPS) is 23.3. The van der Waals surface area contributed by atoms with Gasteiger partial charge in [-0.1, -0.05) is 0 Å². The molecule has 0 bridgehead atoms. The van der Waals surface area contributed by atoms with Gasteiger partial charge in [-0.15, -0.1) is 0 Å². The standard InChI is InChI=1S/C17H15N5O5/c23-6-13-12(24)4-14(27-13)21-5-10-9-3-8(22(25)26)1-2-11(9)20-16-15(10)17(21)19-7-18-16/h1-3,5,7,12-14,23-24H,4,6H2,(H,18,19,20)/t12-,13+,14+/m0/s1. The van der Waals surface area contributed by atoms with Crippen molar-refractivity contribution in [3.05, 3.63) is 40.8 Å². The fourth-order valence-electron chi connectivity index (χ4n) is 3.76. The molecule has 1 saturated heterocycles. The molecule has 0 radical (unpaired) electrons. The van der Waals surface area contributed by atoms with Crippen molar-refractivity contribution in [2.45, 2.75) is 24.9 Å². The van der Waals surface area contributed by atoms with Crippen molar-refractivity contribution in [1.82, 2.24) is 14.5 Å². The minimum Gasteiger partial charge on any atom is -0.394 e. The van der Waals surface area contributed by atoms with Gasteiger partial charge in [-0.05, 0) is 6.07 Å². The van der Waals surface area contributed by atoms with Gasteiger partial charge in [0.2, 0.25) is 0 Å². The van der Waals surface area contributed by atoms with Crippen molar-refractivity contribution in [3.8, 4) is 11.1 Å². The number of hydrogen-bond donors (Lipinski definition) is 3. The molecule has 10 nitrogen and oxygen atoms in total. The summed E-state index contributed by atoms with van der Waals surface area (Å²) in [4.78, 5) is 19.4. The molecule has 27 heavy (non-hydrogen) atoms. The van der Waals surface area contributed by atoms with Gasteiger partial charge in [0.05, 0.1) is 23.0 Å². The number of aromatic nitrogens is 3. The van der Waals surface area contributed by atoms with Crippen LogP contribution in [-0.2, 0) is 4.74 Å². The number of nitro groups is 1. The zero-order chi connectivity index (χ0) is 18.7. The average molecular weight is 369 g/mol. The van der Waals surface area contributed by atoms with Crippen LogP contribution in [0.1, 0.15) is 12.6 Å². The van der Waals surface area contributed by atoms with E-state index in [-0.39, 0.29) is 12.3 Å². The molecule has 10 heteroatoms. The molecule has 4 heterocycles. The fraction of sp³-hybridized carbons (Fsp3) is 0.294. The molecule has 138 valence electrons. The summed E-state index contributed by atoms with van der Waals surface area (Å²) in [5.41, 5.74) is 2.72. The van der Waals surface area contributed by atoms with Crippen LogP contribution >= 0.6 is 0 Å². The van der Waals surface area contributed by atoms with E-state index in [1.165, 1.54) is 18.5 Å². The highest BCUT2D eigenvalue weighted by molar-refractivity contribution is 6.08. The van der Waals surface area contributed by atoms with E-state index in [9.17, 15) is 20.3 Å². The summed E-state index contributed by atoms with van der Waals surface area (Å²) < 4.78 is 7.54. The number of aliphatic hydroxyl groups excluding tert-OH is 2. The summed E-state index contributed by atoms with van der Waals surface area (Å²) in [6.07, 6.45) is 1.60. The molecular weight excluding hydrogens is 354 g/mol. The Labute approximate surface area is 152 Å². The van der Waals surface area contributed by atoms with Gasteiger partial charge < -0.3 is 24.8 Å². The predicted molar refractivity (Wildman–Crippen MR) is 94.5 cm³/mol. The molecule has 0 aliphatic carbocycles. The number of fused-ring (bicyclic) bond motifs is 2. The van der Waals surface area contributed by atoms with Gasteiger partial charge >= 0.3 is 0 Å². The molecule has 2 aliphatic heterocycles. The Morgan fingerprint density at radius 1 is 1.37 bits per heavy atom. The zero-order valence-corrected chi connectivity index (χ0v) is 13.9. The van der Waals surface area contributed by atoms with E-state index < -0.39 is 23.4 Å². The van der Waals surface area contributed by atoms with Gasteiger partial charge in [0.25, 0.3) is 5.69 Å². The molecule has 0 unspecified atom stereocenters. The van der Waals surface area contributed by atoms with Crippen molar-refractivity contribution in [3.63, 3.8) is 0 Å². The number of benzene rings is 1. The second-order valence-electron chi connectivity index (χ2n) is 6.60. The van der Waals surface area contributed by atoms with E-state index in [1.54, 1.807) is 10.6 Å². The first-order valence-corrected chi connectivity index (χ1v) is 8.42. The van der Waals surface area contributed by atoms with E-state index >= 15 is 0 Å². The van der Waals surface area contributed by atoms with Crippen molar-refractivity contribution in [2.75, 3.05) is 11.9 Å². The molecule has 1 fully saturated rings. The topological polar surface area (TPSA) is 136 Å². The minimum atomic E-state index is -0.779. The third-order valence-corrected chi connectivity index (χ3v) is 5.06. The highest BCUT2D eigenvalue weighted by atomic mass is 16.6. The van der Waals surface area contributed by atoms with E-state index in [2.05, 4.69) is 15.3 Å². The largest absolute Gasteiger partial charge is 0.394 e. The summed E-state index contributed by atoms with van der Waals surface area (Å²) in [6.45, 7) is -0.277. The van der Waals surface area contributed by atoms with Gasteiger partial charge in [-0.3, -0.25) is 10.1 Å².